The van der Waals surface area contributed by atoms with Crippen LogP contribution in [0.3, 0.4) is 0 Å². The van der Waals surface area contributed by atoms with Crippen LogP contribution in [-0.2, 0) is 6.42 Å². The highest BCUT2D eigenvalue weighted by atomic mass is 16.3. The zero-order chi connectivity index (χ0) is 8.97. The van der Waals surface area contributed by atoms with Gasteiger partial charge < -0.3 is 10.2 Å². The molecule has 0 saturated heterocycles. The van der Waals surface area contributed by atoms with E-state index in [2.05, 4.69) is 6.92 Å². The van der Waals surface area contributed by atoms with Gasteiger partial charge in [-0.25, -0.2) is 0 Å². The van der Waals surface area contributed by atoms with Crippen molar-refractivity contribution in [3.63, 3.8) is 0 Å². The van der Waals surface area contributed by atoms with Crippen molar-refractivity contribution in [2.45, 2.75) is 19.3 Å². The van der Waals surface area contributed by atoms with Gasteiger partial charge in [0, 0.05) is 6.07 Å². The quantitative estimate of drug-likeness (QED) is 0.721. The summed E-state index contributed by atoms with van der Waals surface area (Å²) < 4.78 is 0. The van der Waals surface area contributed by atoms with E-state index in [1.165, 1.54) is 6.07 Å². The predicted molar refractivity (Wildman–Crippen MR) is 48.1 cm³/mol. The fourth-order valence-electron chi connectivity index (χ4n) is 1.13. The first-order chi connectivity index (χ1) is 5.72. The number of benzene rings is 1. The summed E-state index contributed by atoms with van der Waals surface area (Å²) in [5.41, 5.74) is 0.955. The van der Waals surface area contributed by atoms with E-state index in [1.54, 1.807) is 12.1 Å². The van der Waals surface area contributed by atoms with Crippen LogP contribution >= 0.6 is 0 Å². The van der Waals surface area contributed by atoms with Crippen LogP contribution < -0.4 is 0 Å². The lowest BCUT2D eigenvalue weighted by Gasteiger charge is -2.01. The van der Waals surface area contributed by atoms with Gasteiger partial charge in [-0.15, -0.1) is 0 Å². The molecule has 2 heteroatoms. The van der Waals surface area contributed by atoms with Crippen molar-refractivity contribution in [1.82, 2.24) is 0 Å². The Morgan fingerprint density at radius 1 is 1.08 bits per heavy atom. The molecule has 0 aliphatic carbocycles. The fourth-order valence-corrected chi connectivity index (χ4v) is 1.13. The first-order valence-corrected chi connectivity index (χ1v) is 4.03. The van der Waals surface area contributed by atoms with E-state index in [1.807, 2.05) is 0 Å². The van der Waals surface area contributed by atoms with Crippen molar-refractivity contribution in [3.05, 3.63) is 30.7 Å². The molecular formula is C10H13O2. The molecule has 0 saturated carbocycles. The van der Waals surface area contributed by atoms with E-state index < -0.39 is 0 Å². The van der Waals surface area contributed by atoms with Crippen LogP contribution in [0.4, 0.5) is 0 Å². The molecule has 0 aliphatic rings. The Morgan fingerprint density at radius 3 is 2.17 bits per heavy atom. The summed E-state index contributed by atoms with van der Waals surface area (Å²) in [6.07, 6.45) is 2.70. The van der Waals surface area contributed by atoms with Gasteiger partial charge in [0.15, 0.2) is 0 Å². The highest BCUT2D eigenvalue weighted by Crippen LogP contribution is 2.21. The van der Waals surface area contributed by atoms with E-state index in [0.717, 1.165) is 24.8 Å². The normalized spacial score (nSPS) is 10.1. The molecule has 2 N–H and O–H groups in total. The van der Waals surface area contributed by atoms with Gasteiger partial charge in [0.05, 0.1) is 0 Å². The third-order valence-corrected chi connectivity index (χ3v) is 1.68. The van der Waals surface area contributed by atoms with Crippen molar-refractivity contribution in [1.29, 1.82) is 0 Å². The second kappa shape index (κ2) is 4.00. The molecule has 0 aliphatic heterocycles. The molecule has 0 fully saturated rings. The minimum absolute atomic E-state index is 0.120. The topological polar surface area (TPSA) is 40.5 Å². The molecule has 1 radical (unpaired) electrons. The third kappa shape index (κ3) is 2.46. The van der Waals surface area contributed by atoms with Crippen molar-refractivity contribution >= 4 is 0 Å². The second-order valence-electron chi connectivity index (χ2n) is 2.81. The first kappa shape index (κ1) is 8.91. The van der Waals surface area contributed by atoms with Crippen molar-refractivity contribution in [2.24, 2.45) is 0 Å². The maximum Gasteiger partial charge on any atom is 0.119 e. The summed E-state index contributed by atoms with van der Waals surface area (Å²) in [4.78, 5) is 0. The van der Waals surface area contributed by atoms with E-state index in [-0.39, 0.29) is 11.5 Å². The van der Waals surface area contributed by atoms with Gasteiger partial charge in [0.1, 0.15) is 11.5 Å². The lowest BCUT2D eigenvalue weighted by molar-refractivity contribution is 0.449. The van der Waals surface area contributed by atoms with Crippen LogP contribution in [0.1, 0.15) is 18.4 Å². The number of hydrogen-bond acceptors (Lipinski definition) is 2. The summed E-state index contributed by atoms with van der Waals surface area (Å²) in [6, 6.07) is 4.65. The van der Waals surface area contributed by atoms with Gasteiger partial charge >= 0.3 is 0 Å². The van der Waals surface area contributed by atoms with Crippen LogP contribution in [-0.4, -0.2) is 10.2 Å². The maximum absolute atomic E-state index is 9.12. The van der Waals surface area contributed by atoms with Crippen LogP contribution in [0.15, 0.2) is 18.2 Å². The monoisotopic (exact) mass is 165 g/mol. The summed E-state index contributed by atoms with van der Waals surface area (Å²) in [6.45, 7) is 3.72. The van der Waals surface area contributed by atoms with Crippen LogP contribution in [0.25, 0.3) is 0 Å². The summed E-state index contributed by atoms with van der Waals surface area (Å²) in [5, 5.41) is 18.2. The number of phenolic OH excluding ortho intramolecular Hbond substituents is 2. The number of aromatic hydroxyl groups is 2. The molecule has 1 aromatic rings. The van der Waals surface area contributed by atoms with Gasteiger partial charge in [-0.05, 0) is 30.5 Å². The molecule has 0 heterocycles. The smallest absolute Gasteiger partial charge is 0.119 e. The molecule has 0 unspecified atom stereocenters. The second-order valence-corrected chi connectivity index (χ2v) is 2.81. The Morgan fingerprint density at radius 2 is 1.67 bits per heavy atom. The molecule has 0 spiro atoms. The Kier molecular flexibility index (Phi) is 2.97. The summed E-state index contributed by atoms with van der Waals surface area (Å²) in [7, 11) is 0. The number of aryl methyl sites for hydroxylation is 1. The largest absolute Gasteiger partial charge is 0.508 e. The Labute approximate surface area is 72.5 Å². The van der Waals surface area contributed by atoms with E-state index in [0.29, 0.717) is 0 Å². The average molecular weight is 165 g/mol. The molecular weight excluding hydrogens is 152 g/mol. The van der Waals surface area contributed by atoms with E-state index in [9.17, 15) is 0 Å². The molecule has 0 bridgehead atoms. The van der Waals surface area contributed by atoms with Crippen molar-refractivity contribution in [2.75, 3.05) is 0 Å². The SMILES string of the molecule is [CH2]CCCc1cc(O)cc(O)c1. The van der Waals surface area contributed by atoms with Crippen LogP contribution in [0.5, 0.6) is 11.5 Å². The van der Waals surface area contributed by atoms with Gasteiger partial charge in [-0.2, -0.15) is 0 Å². The molecule has 12 heavy (non-hydrogen) atoms. The van der Waals surface area contributed by atoms with Gasteiger partial charge in [0.2, 0.25) is 0 Å². The Hall–Kier alpha value is -1.18. The summed E-state index contributed by atoms with van der Waals surface area (Å²) >= 11 is 0. The lowest BCUT2D eigenvalue weighted by Crippen LogP contribution is -1.83. The van der Waals surface area contributed by atoms with Gasteiger partial charge in [0.25, 0.3) is 0 Å². The minimum Gasteiger partial charge on any atom is -0.508 e. The van der Waals surface area contributed by atoms with Gasteiger partial charge in [-0.1, -0.05) is 13.3 Å². The molecule has 1 aromatic carbocycles. The van der Waals surface area contributed by atoms with E-state index in [4.69, 9.17) is 10.2 Å². The molecule has 0 atom stereocenters. The van der Waals surface area contributed by atoms with Crippen LogP contribution in [0, 0.1) is 6.92 Å². The van der Waals surface area contributed by atoms with Gasteiger partial charge in [-0.3, -0.25) is 0 Å². The standard InChI is InChI=1S/C10H13O2/c1-2-3-4-8-5-9(11)7-10(12)6-8/h5-7,11-12H,1-4H2. The number of phenols is 2. The van der Waals surface area contributed by atoms with E-state index >= 15 is 0 Å². The van der Waals surface area contributed by atoms with Crippen molar-refractivity contribution in [3.8, 4) is 11.5 Å². The minimum atomic E-state index is 0.120. The number of rotatable bonds is 3. The molecule has 0 aromatic heterocycles. The maximum atomic E-state index is 9.12. The Bertz CT molecular complexity index is 236. The summed E-state index contributed by atoms with van der Waals surface area (Å²) in [5.74, 6) is 0.239. The predicted octanol–water partition coefficient (Wildman–Crippen LogP) is 2.25. The Balaban J connectivity index is 2.72. The molecule has 0 amide bonds. The zero-order valence-electron chi connectivity index (χ0n) is 6.95. The third-order valence-electron chi connectivity index (χ3n) is 1.68. The zero-order valence-corrected chi connectivity index (χ0v) is 6.95. The first-order valence-electron chi connectivity index (χ1n) is 4.03. The highest BCUT2D eigenvalue weighted by Gasteiger charge is 1.97. The molecule has 1 rings (SSSR count). The van der Waals surface area contributed by atoms with Crippen molar-refractivity contribution < 1.29 is 10.2 Å². The lowest BCUT2D eigenvalue weighted by atomic mass is 10.1. The fraction of sp³-hybridized carbons (Fsp3) is 0.300. The number of hydrogen-bond donors (Lipinski definition) is 2. The molecule has 2 nitrogen and oxygen atoms in total. The average Bonchev–Trinajstić information content (AvgIpc) is 1.99. The molecule has 65 valence electrons. The number of unbranched alkanes of at least 4 members (excludes halogenated alkanes) is 1. The highest BCUT2D eigenvalue weighted by molar-refractivity contribution is 5.36. The van der Waals surface area contributed by atoms with Crippen LogP contribution in [0.2, 0.25) is 0 Å².